The van der Waals surface area contributed by atoms with Crippen molar-refractivity contribution in [3.8, 4) is 11.5 Å². The van der Waals surface area contributed by atoms with Crippen molar-refractivity contribution in [2.75, 3.05) is 37.6 Å². The Bertz CT molecular complexity index is 1190. The number of aliphatic hydroxyl groups is 1. The van der Waals surface area contributed by atoms with Gasteiger partial charge in [-0.15, -0.1) is 0 Å². The van der Waals surface area contributed by atoms with E-state index in [0.717, 1.165) is 56.8 Å². The predicted molar refractivity (Wildman–Crippen MR) is 160 cm³/mol. The van der Waals surface area contributed by atoms with Crippen LogP contribution >= 0.6 is 0 Å². The first-order valence-electron chi connectivity index (χ1n) is 15.3. The van der Waals surface area contributed by atoms with E-state index >= 15 is 0 Å². The monoisotopic (exact) mass is 524 g/mol. The minimum absolute atomic E-state index is 0.0885. The third-order valence-corrected chi connectivity index (χ3v) is 9.46. The SMILES string of the molecule is OC1(C(CN2CCC(c3ccccc3N3CCCC3)CC2)c2cccc(Oc3ccccc3)c2)CCCCC1. The molecule has 1 N–H and O–H groups in total. The van der Waals surface area contributed by atoms with Crippen LogP contribution in [0.5, 0.6) is 11.5 Å². The molecule has 1 aliphatic carbocycles. The van der Waals surface area contributed by atoms with Gasteiger partial charge in [-0.25, -0.2) is 0 Å². The number of rotatable bonds is 8. The fraction of sp³-hybridized carbons (Fsp3) is 0.486. The summed E-state index contributed by atoms with van der Waals surface area (Å²) in [5, 5.41) is 12.0. The Morgan fingerprint density at radius 2 is 1.44 bits per heavy atom. The van der Waals surface area contributed by atoms with Crippen LogP contribution in [-0.4, -0.2) is 48.3 Å². The molecule has 4 nitrogen and oxygen atoms in total. The number of likely N-dealkylation sites (tertiary alicyclic amines) is 1. The maximum Gasteiger partial charge on any atom is 0.127 e. The lowest BCUT2D eigenvalue weighted by Gasteiger charge is -2.43. The highest BCUT2D eigenvalue weighted by molar-refractivity contribution is 5.56. The maximum absolute atomic E-state index is 12.0. The van der Waals surface area contributed by atoms with Crippen LogP contribution < -0.4 is 9.64 Å². The third kappa shape index (κ3) is 6.18. The second-order valence-corrected chi connectivity index (χ2v) is 12.0. The molecule has 6 rings (SSSR count). The van der Waals surface area contributed by atoms with Crippen LogP contribution in [0.3, 0.4) is 0 Å². The number of nitrogens with zero attached hydrogens (tertiary/aromatic N) is 2. The van der Waals surface area contributed by atoms with Crippen LogP contribution in [0.1, 0.15) is 80.8 Å². The minimum atomic E-state index is -0.650. The summed E-state index contributed by atoms with van der Waals surface area (Å²) in [6, 6.07) is 27.6. The highest BCUT2D eigenvalue weighted by Gasteiger charge is 2.40. The molecule has 3 aliphatic rings. The Labute approximate surface area is 234 Å². The molecule has 0 spiro atoms. The fourth-order valence-electron chi connectivity index (χ4n) is 7.28. The zero-order valence-electron chi connectivity index (χ0n) is 23.3. The van der Waals surface area contributed by atoms with Crippen LogP contribution in [0, 0.1) is 0 Å². The molecule has 1 atom stereocenters. The molecule has 2 saturated heterocycles. The average Bonchev–Trinajstić information content (AvgIpc) is 3.52. The van der Waals surface area contributed by atoms with Crippen LogP contribution in [0.25, 0.3) is 0 Å². The first kappa shape index (κ1) is 26.4. The quantitative estimate of drug-likeness (QED) is 0.327. The van der Waals surface area contributed by atoms with E-state index in [2.05, 4.69) is 52.3 Å². The molecule has 206 valence electrons. The smallest absolute Gasteiger partial charge is 0.127 e. The molecule has 3 fully saturated rings. The van der Waals surface area contributed by atoms with Gasteiger partial charge in [0.15, 0.2) is 0 Å². The van der Waals surface area contributed by atoms with Gasteiger partial charge >= 0.3 is 0 Å². The van der Waals surface area contributed by atoms with Gasteiger partial charge < -0.3 is 19.6 Å². The van der Waals surface area contributed by atoms with Crippen LogP contribution in [0.4, 0.5) is 5.69 Å². The summed E-state index contributed by atoms with van der Waals surface area (Å²) >= 11 is 0. The highest BCUT2D eigenvalue weighted by Crippen LogP contribution is 2.43. The Balaban J connectivity index is 1.18. The van der Waals surface area contributed by atoms with Gasteiger partial charge in [0.05, 0.1) is 5.60 Å². The molecule has 1 unspecified atom stereocenters. The lowest BCUT2D eigenvalue weighted by molar-refractivity contribution is -0.0325. The van der Waals surface area contributed by atoms with Gasteiger partial charge in [-0.05, 0) is 99.0 Å². The summed E-state index contributed by atoms with van der Waals surface area (Å²) in [4.78, 5) is 5.22. The number of anilines is 1. The van der Waals surface area contributed by atoms with E-state index < -0.39 is 5.60 Å². The Morgan fingerprint density at radius 3 is 2.21 bits per heavy atom. The van der Waals surface area contributed by atoms with Gasteiger partial charge in [-0.2, -0.15) is 0 Å². The normalized spacial score (nSPS) is 21.1. The lowest BCUT2D eigenvalue weighted by Crippen LogP contribution is -2.46. The Hall–Kier alpha value is -2.82. The Morgan fingerprint density at radius 1 is 0.744 bits per heavy atom. The minimum Gasteiger partial charge on any atom is -0.457 e. The predicted octanol–water partition coefficient (Wildman–Crippen LogP) is 7.74. The summed E-state index contributed by atoms with van der Waals surface area (Å²) in [7, 11) is 0. The number of ether oxygens (including phenoxy) is 1. The van der Waals surface area contributed by atoms with Gasteiger partial charge in [0.2, 0.25) is 0 Å². The van der Waals surface area contributed by atoms with Gasteiger partial charge in [0.25, 0.3) is 0 Å². The largest absolute Gasteiger partial charge is 0.457 e. The molecule has 3 aromatic rings. The standard InChI is InChI=1S/C35H44N2O2/c38-35(20-7-2-8-21-35)33(29-12-11-15-31(26-29)39-30-13-3-1-4-14-30)27-36-24-18-28(19-25-36)32-16-5-6-17-34(32)37-22-9-10-23-37/h1,3-6,11-17,26,28,33,38H,2,7-10,18-25,27H2. The molecule has 4 heteroatoms. The van der Waals surface area contributed by atoms with Gasteiger partial charge in [-0.1, -0.05) is 67.8 Å². The molecular weight excluding hydrogens is 480 g/mol. The molecule has 0 amide bonds. The number of para-hydroxylation sites is 2. The molecule has 3 aromatic carbocycles. The van der Waals surface area contributed by atoms with E-state index in [1.807, 2.05) is 36.4 Å². The van der Waals surface area contributed by atoms with E-state index in [1.54, 1.807) is 5.56 Å². The van der Waals surface area contributed by atoms with Gasteiger partial charge in [-0.3, -0.25) is 0 Å². The molecule has 0 aromatic heterocycles. The number of hydrogen-bond donors (Lipinski definition) is 1. The second-order valence-electron chi connectivity index (χ2n) is 12.0. The van der Waals surface area contributed by atoms with Crippen LogP contribution in [-0.2, 0) is 0 Å². The molecule has 1 saturated carbocycles. The summed E-state index contributed by atoms with van der Waals surface area (Å²) in [5.41, 5.74) is 3.57. The van der Waals surface area contributed by atoms with Crippen LogP contribution in [0.15, 0.2) is 78.9 Å². The van der Waals surface area contributed by atoms with Crippen LogP contribution in [0.2, 0.25) is 0 Å². The summed E-state index contributed by atoms with van der Waals surface area (Å²) in [5.74, 6) is 2.40. The van der Waals surface area contributed by atoms with Gasteiger partial charge in [0, 0.05) is 31.2 Å². The van der Waals surface area contributed by atoms with Crippen molar-refractivity contribution in [2.24, 2.45) is 0 Å². The van der Waals surface area contributed by atoms with E-state index in [-0.39, 0.29) is 5.92 Å². The third-order valence-electron chi connectivity index (χ3n) is 9.46. The van der Waals surface area contributed by atoms with E-state index in [0.29, 0.717) is 5.92 Å². The van der Waals surface area contributed by atoms with Crippen molar-refractivity contribution in [1.82, 2.24) is 4.90 Å². The number of piperidine rings is 1. The van der Waals surface area contributed by atoms with Crippen molar-refractivity contribution in [2.45, 2.75) is 75.2 Å². The van der Waals surface area contributed by atoms with E-state index in [4.69, 9.17) is 4.74 Å². The summed E-state index contributed by atoms with van der Waals surface area (Å²) in [6.45, 7) is 5.48. The molecule has 2 aliphatic heterocycles. The lowest BCUT2D eigenvalue weighted by atomic mass is 9.72. The molecule has 39 heavy (non-hydrogen) atoms. The summed E-state index contributed by atoms with van der Waals surface area (Å²) in [6.07, 6.45) is 10.2. The first-order valence-corrected chi connectivity index (χ1v) is 15.3. The number of hydrogen-bond acceptors (Lipinski definition) is 4. The van der Waals surface area contributed by atoms with Crippen molar-refractivity contribution in [1.29, 1.82) is 0 Å². The van der Waals surface area contributed by atoms with E-state index in [9.17, 15) is 5.11 Å². The topological polar surface area (TPSA) is 35.9 Å². The molecular formula is C35H44N2O2. The first-order chi connectivity index (χ1) is 19.2. The highest BCUT2D eigenvalue weighted by atomic mass is 16.5. The molecule has 2 heterocycles. The second kappa shape index (κ2) is 12.1. The average molecular weight is 525 g/mol. The zero-order chi connectivity index (χ0) is 26.5. The molecule has 0 radical (unpaired) electrons. The van der Waals surface area contributed by atoms with Gasteiger partial charge in [0.1, 0.15) is 11.5 Å². The van der Waals surface area contributed by atoms with Crippen molar-refractivity contribution >= 4 is 5.69 Å². The van der Waals surface area contributed by atoms with Crippen molar-refractivity contribution in [3.05, 3.63) is 90.0 Å². The Kier molecular flexibility index (Phi) is 8.22. The van der Waals surface area contributed by atoms with Crippen molar-refractivity contribution in [3.63, 3.8) is 0 Å². The maximum atomic E-state index is 12.0. The summed E-state index contributed by atoms with van der Waals surface area (Å²) < 4.78 is 6.20. The fourth-order valence-corrected chi connectivity index (χ4v) is 7.28. The molecule has 0 bridgehead atoms. The van der Waals surface area contributed by atoms with E-state index in [1.165, 1.54) is 56.4 Å². The number of benzene rings is 3. The van der Waals surface area contributed by atoms with Crippen molar-refractivity contribution < 1.29 is 9.84 Å². The zero-order valence-corrected chi connectivity index (χ0v) is 23.3.